The van der Waals surface area contributed by atoms with E-state index >= 15 is 24.0 Å². The number of amides is 13. The number of H-pyrrole nitrogens is 1. The van der Waals surface area contributed by atoms with Crippen molar-refractivity contribution in [3.63, 3.8) is 0 Å². The molecule has 0 spiro atoms. The fraction of sp³-hybridized carbons (Fsp3) is 0.588. The van der Waals surface area contributed by atoms with Crippen molar-refractivity contribution in [1.29, 1.82) is 0 Å². The van der Waals surface area contributed by atoms with Gasteiger partial charge in [-0.2, -0.15) is 0 Å². The third kappa shape index (κ3) is 42.0. The third-order valence-electron chi connectivity index (χ3n) is 21.0. The van der Waals surface area contributed by atoms with Crippen molar-refractivity contribution in [1.82, 2.24) is 68.8 Å². The number of rotatable bonds is 65. The number of aromatic amines is 1. The number of aliphatic imine (C=N–C) groups is 2. The molecule has 0 aliphatic rings. The second kappa shape index (κ2) is 60.9. The molecule has 4 rings (SSSR count). The van der Waals surface area contributed by atoms with Gasteiger partial charge in [-0.1, -0.05) is 48.9 Å². The predicted octanol–water partition coefficient (Wildman–Crippen LogP) is -4.06. The van der Waals surface area contributed by atoms with Crippen LogP contribution in [0, 0.1) is 0 Å². The van der Waals surface area contributed by atoms with E-state index in [2.05, 4.69) is 78.8 Å². The number of hydrogen-bond acceptors (Lipinski definition) is 25. The monoisotopic (exact) mass is 1780 g/mol. The molecule has 42 heteroatoms. The summed E-state index contributed by atoms with van der Waals surface area (Å²) < 4.78 is 0. The molecule has 0 saturated heterocycles. The highest BCUT2D eigenvalue weighted by Gasteiger charge is 2.38. The van der Waals surface area contributed by atoms with Gasteiger partial charge < -0.3 is 142 Å². The summed E-state index contributed by atoms with van der Waals surface area (Å²) in [5.74, 6) is -11.5. The average Bonchev–Trinajstić information content (AvgIpc) is 1.65. The molecule has 0 aliphatic carbocycles. The van der Waals surface area contributed by atoms with Crippen LogP contribution in [0.4, 0.5) is 0 Å². The van der Waals surface area contributed by atoms with Crippen LogP contribution >= 0.6 is 0 Å². The maximum atomic E-state index is 15.5. The number of aromatic hydroxyl groups is 2. The first-order valence-electron chi connectivity index (χ1n) is 43.9. The molecule has 42 nitrogen and oxygen atoms in total. The van der Waals surface area contributed by atoms with Crippen LogP contribution in [0.1, 0.15) is 184 Å². The van der Waals surface area contributed by atoms with Gasteiger partial charge in [0.2, 0.25) is 76.8 Å². The number of unbranched alkanes of at least 4 members (excludes halogenated alkanes) is 7. The first kappa shape index (κ1) is 108. The number of nitrogens with two attached hydrogens (primary N) is 12. The van der Waals surface area contributed by atoms with Crippen molar-refractivity contribution in [2.45, 2.75) is 259 Å². The second-order valence-electron chi connectivity index (χ2n) is 31.5. The Hall–Kier alpha value is -11.7. The predicted molar refractivity (Wildman–Crippen MR) is 484 cm³/mol. The van der Waals surface area contributed by atoms with E-state index in [1.54, 1.807) is 30.5 Å². The van der Waals surface area contributed by atoms with E-state index in [1.165, 1.54) is 55.5 Å². The quantitative estimate of drug-likeness (QED) is 0.0114. The second-order valence-corrected chi connectivity index (χ2v) is 31.5. The number of aromatic nitrogens is 1. The van der Waals surface area contributed by atoms with Gasteiger partial charge in [0.15, 0.2) is 11.9 Å². The van der Waals surface area contributed by atoms with Crippen LogP contribution in [0.25, 0.3) is 10.9 Å². The topological polar surface area (TPSA) is 759 Å². The van der Waals surface area contributed by atoms with Crippen LogP contribution in [0.2, 0.25) is 0 Å². The van der Waals surface area contributed by atoms with Crippen molar-refractivity contribution >= 4 is 99.6 Å². The molecular weight excluding hydrogens is 1640 g/mol. The summed E-state index contributed by atoms with van der Waals surface area (Å²) in [5.41, 5.74) is 71.7. The number of guanidine groups is 2. The molecule has 3 aromatic carbocycles. The number of nitrogens with zero attached hydrogens (tertiary/aromatic N) is 2. The van der Waals surface area contributed by atoms with Crippen molar-refractivity contribution in [3.8, 4) is 11.5 Å². The number of nitrogens with one attached hydrogen (secondary N) is 13. The highest BCUT2D eigenvalue weighted by Crippen LogP contribution is 2.22. The van der Waals surface area contributed by atoms with Crippen LogP contribution in [0.5, 0.6) is 11.5 Å². The number of carbonyl (C=O) groups is 13. The maximum absolute atomic E-state index is 15.5. The first-order chi connectivity index (χ1) is 60.9. The van der Waals surface area contributed by atoms with E-state index in [0.29, 0.717) is 105 Å². The lowest BCUT2D eigenvalue weighted by molar-refractivity contribution is -0.137. The molecule has 39 N–H and O–H groups in total. The summed E-state index contributed by atoms with van der Waals surface area (Å²) in [6.45, 7) is 2.91. The van der Waals surface area contributed by atoms with Crippen LogP contribution in [-0.4, -0.2) is 235 Å². The summed E-state index contributed by atoms with van der Waals surface area (Å²) in [7, 11) is 0. The third-order valence-corrected chi connectivity index (χ3v) is 21.0. The molecule has 0 aliphatic heterocycles. The highest BCUT2D eigenvalue weighted by atomic mass is 16.3. The zero-order valence-electron chi connectivity index (χ0n) is 73.1. The molecule has 12 atom stereocenters. The average molecular weight is 1780 g/mol. The SMILES string of the molecule is CC(=O)N[C@@H](CCCN=C(N)N)C(=O)N[C@@H](Cc1ccc(O)cc1)C(=O)N[C@@H](Cc1ccc(O)cc1)C(=O)N[C@@H](CCCN=C(N)N)C(=O)N[C@@H](Cc1c[nH]c2ccccc12)C(=O)N[C@@H](CCCCN)C(=O)N[C@@H](CCCCN)C(=O)N[C@@H](CCCCN)C(=O)N[C@@H](CCCCN)C(=O)N[C@@H](CCCCN)C(=O)N[C@@H](CCCCN)C(=O)NC(=O)[C@@H](N)CCCCN. The van der Waals surface area contributed by atoms with Gasteiger partial charge in [-0.3, -0.25) is 77.6 Å². The van der Waals surface area contributed by atoms with Crippen LogP contribution in [0.3, 0.4) is 0 Å². The number of fused-ring (bicyclic) bond motifs is 1. The van der Waals surface area contributed by atoms with E-state index in [4.69, 9.17) is 68.8 Å². The Morgan fingerprint density at radius 2 is 0.575 bits per heavy atom. The molecule has 1 aromatic heterocycles. The standard InChI is InChI=1S/C85H141N27O15/c1-52(113)101-61(29-18-46-98-84(94)95)73(117)109-70(49-54-33-37-57(115)38-34-54)82(126)110-69(48-53-31-35-56(114)36-32-53)81(125)108-68(30-19-47-99-85(96)97)79(123)111-71(50-55-51-100-60-22-3-2-20-58(55)60)83(127)107-66(27-9-16-44-91)78(122)105-64(25-7-14-42-89)76(120)103-62(23-5-12-40-87)74(118)102-63(24-6-13-41-88)75(119)104-65(26-8-15-43-90)77(121)106-67(28-10-17-45-92)80(124)112-72(116)59(93)21-4-11-39-86/h2-3,20,22,31-38,51,59,61-71,100,114-115H,4-19,21,23-30,39-50,86-93H2,1H3,(H,101,113)(H,102,118)(H,103,120)(H,104,119)(H,105,122)(H,106,121)(H,107,127)(H,108,125)(H,109,117)(H,110,126)(H,111,123)(H4,94,95,98)(H4,96,97,99)(H,112,116,124)/t59-,61-,62-,63-,64-,65-,66-,67-,68-,69-,70-,71-/m0/s1. The zero-order chi connectivity index (χ0) is 93.6. The number of phenolic OH excluding ortho intramolecular Hbond substituents is 2. The normalized spacial score (nSPS) is 14.0. The number of hydrogen-bond donors (Lipinski definition) is 27. The van der Waals surface area contributed by atoms with Gasteiger partial charge in [0.25, 0.3) is 0 Å². The van der Waals surface area contributed by atoms with Crippen molar-refractivity contribution in [3.05, 3.63) is 95.7 Å². The Morgan fingerprint density at radius 1 is 0.315 bits per heavy atom. The first-order valence-corrected chi connectivity index (χ1v) is 43.9. The maximum Gasteiger partial charge on any atom is 0.249 e. The molecule has 706 valence electrons. The fourth-order valence-electron chi connectivity index (χ4n) is 13.9. The molecule has 0 fully saturated rings. The Morgan fingerprint density at radius 3 is 0.874 bits per heavy atom. The summed E-state index contributed by atoms with van der Waals surface area (Å²) in [4.78, 5) is 200. The van der Waals surface area contributed by atoms with Crippen LogP contribution < -0.4 is 133 Å². The lowest BCUT2D eigenvalue weighted by Gasteiger charge is -2.29. The van der Waals surface area contributed by atoms with E-state index in [0.717, 1.165) is 0 Å². The van der Waals surface area contributed by atoms with Crippen molar-refractivity contribution < 1.29 is 72.5 Å². The number of carbonyl (C=O) groups excluding carboxylic acids is 13. The fourth-order valence-corrected chi connectivity index (χ4v) is 13.9. The molecule has 0 unspecified atom stereocenters. The Kier molecular flexibility index (Phi) is 51.6. The smallest absolute Gasteiger partial charge is 0.249 e. The minimum absolute atomic E-state index is 0.00466. The van der Waals surface area contributed by atoms with E-state index < -0.39 is 149 Å². The molecule has 1 heterocycles. The van der Waals surface area contributed by atoms with Crippen molar-refractivity contribution in [2.75, 3.05) is 58.9 Å². The number of phenols is 2. The molecule has 0 bridgehead atoms. The van der Waals surface area contributed by atoms with E-state index in [1.807, 2.05) is 0 Å². The minimum atomic E-state index is -1.58. The van der Waals surface area contributed by atoms with Gasteiger partial charge in [-0.05, 0) is 247 Å². The molecule has 0 saturated carbocycles. The summed E-state index contributed by atoms with van der Waals surface area (Å²) in [6.07, 6.45) is 6.61. The Balaban J connectivity index is 1.76. The molecule has 127 heavy (non-hydrogen) atoms. The van der Waals surface area contributed by atoms with Gasteiger partial charge in [0.1, 0.15) is 78.0 Å². The van der Waals surface area contributed by atoms with Gasteiger partial charge >= 0.3 is 0 Å². The Bertz CT molecular complexity index is 4130. The van der Waals surface area contributed by atoms with E-state index in [-0.39, 0.29) is 185 Å². The molecule has 13 amide bonds. The summed E-state index contributed by atoms with van der Waals surface area (Å²) in [6, 6.07) is 1.96. The minimum Gasteiger partial charge on any atom is -0.508 e. The van der Waals surface area contributed by atoms with E-state index in [9.17, 15) is 48.6 Å². The van der Waals surface area contributed by atoms with Crippen LogP contribution in [-0.2, 0) is 81.6 Å². The Labute approximate surface area is 741 Å². The van der Waals surface area contributed by atoms with Crippen LogP contribution in [0.15, 0.2) is 89.0 Å². The lowest BCUT2D eigenvalue weighted by atomic mass is 10.00. The zero-order valence-corrected chi connectivity index (χ0v) is 73.1. The number of benzene rings is 3. The largest absolute Gasteiger partial charge is 0.508 e. The molecule has 4 aromatic rings. The summed E-state index contributed by atoms with van der Waals surface area (Å²) >= 11 is 0. The molecule has 0 radical (unpaired) electrons. The number of imide groups is 1. The summed E-state index contributed by atoms with van der Waals surface area (Å²) in [5, 5.41) is 53.8. The van der Waals surface area contributed by atoms with Gasteiger partial charge in [0, 0.05) is 56.4 Å². The lowest BCUT2D eigenvalue weighted by Crippen LogP contribution is -2.61. The van der Waals surface area contributed by atoms with Crippen molar-refractivity contribution in [2.24, 2.45) is 78.8 Å². The number of para-hydroxylation sites is 1. The highest BCUT2D eigenvalue weighted by molar-refractivity contribution is 6.03. The van der Waals surface area contributed by atoms with Gasteiger partial charge in [-0.15, -0.1) is 0 Å². The van der Waals surface area contributed by atoms with Gasteiger partial charge in [-0.25, -0.2) is 0 Å². The molecular formula is C85H141N27O15. The van der Waals surface area contributed by atoms with Gasteiger partial charge in [0.05, 0.1) is 6.04 Å².